The predicted octanol–water partition coefficient (Wildman–Crippen LogP) is 1.88. The molecule has 96 valence electrons. The Morgan fingerprint density at radius 3 is 2.72 bits per heavy atom. The van der Waals surface area contributed by atoms with Gasteiger partial charge in [0, 0.05) is 13.2 Å². The van der Waals surface area contributed by atoms with Gasteiger partial charge in [0.05, 0.1) is 22.9 Å². The number of aliphatic hydroxyl groups excluding tert-OH is 1. The summed E-state index contributed by atoms with van der Waals surface area (Å²) in [5.74, 6) is 0. The number of aromatic nitrogens is 2. The topological polar surface area (TPSA) is 58.0 Å². The Balaban J connectivity index is 1.81. The number of unbranched alkanes of at least 4 members (excludes halogenated alkanes) is 2. The number of benzene rings is 1. The summed E-state index contributed by atoms with van der Waals surface area (Å²) < 4.78 is 0. The van der Waals surface area contributed by atoms with Crippen LogP contribution in [0.3, 0.4) is 0 Å². The molecule has 18 heavy (non-hydrogen) atoms. The van der Waals surface area contributed by atoms with E-state index in [-0.39, 0.29) is 6.61 Å². The first-order valence-corrected chi connectivity index (χ1v) is 6.42. The minimum Gasteiger partial charge on any atom is -0.396 e. The number of aliphatic hydroxyl groups is 1. The van der Waals surface area contributed by atoms with Crippen LogP contribution in [0.25, 0.3) is 11.0 Å². The van der Waals surface area contributed by atoms with E-state index in [4.69, 9.17) is 5.11 Å². The molecule has 1 aromatic heterocycles. The SMILES string of the molecule is OCCCCCNCc1cnc2ccccc2n1. The van der Waals surface area contributed by atoms with E-state index in [1.807, 2.05) is 30.5 Å². The molecule has 0 fully saturated rings. The number of nitrogens with one attached hydrogen (secondary N) is 1. The molecule has 1 heterocycles. The highest BCUT2D eigenvalue weighted by atomic mass is 16.2. The zero-order valence-corrected chi connectivity index (χ0v) is 10.5. The van der Waals surface area contributed by atoms with Gasteiger partial charge in [-0.2, -0.15) is 0 Å². The van der Waals surface area contributed by atoms with Gasteiger partial charge in [-0.05, 0) is 37.9 Å². The molecule has 0 aliphatic carbocycles. The normalized spacial score (nSPS) is 10.9. The first-order chi connectivity index (χ1) is 8.90. The van der Waals surface area contributed by atoms with Crippen molar-refractivity contribution in [1.82, 2.24) is 15.3 Å². The highest BCUT2D eigenvalue weighted by Gasteiger charge is 1.98. The third-order valence-corrected chi connectivity index (χ3v) is 2.82. The number of hydrogen-bond acceptors (Lipinski definition) is 4. The molecule has 0 spiro atoms. The lowest BCUT2D eigenvalue weighted by Crippen LogP contribution is -2.15. The molecule has 0 aliphatic heterocycles. The highest BCUT2D eigenvalue weighted by molar-refractivity contribution is 5.73. The van der Waals surface area contributed by atoms with Crippen molar-refractivity contribution in [2.75, 3.05) is 13.2 Å². The van der Waals surface area contributed by atoms with Crippen LogP contribution in [0, 0.1) is 0 Å². The molecular formula is C14H19N3O. The third-order valence-electron chi connectivity index (χ3n) is 2.82. The molecule has 0 bridgehead atoms. The van der Waals surface area contributed by atoms with Crippen LogP contribution in [0.15, 0.2) is 30.5 Å². The summed E-state index contributed by atoms with van der Waals surface area (Å²) in [4.78, 5) is 8.92. The van der Waals surface area contributed by atoms with E-state index in [1.54, 1.807) is 0 Å². The van der Waals surface area contributed by atoms with Crippen LogP contribution in [0.4, 0.5) is 0 Å². The van der Waals surface area contributed by atoms with Crippen LogP contribution < -0.4 is 5.32 Å². The van der Waals surface area contributed by atoms with Crippen LogP contribution in [-0.4, -0.2) is 28.2 Å². The minimum absolute atomic E-state index is 0.288. The van der Waals surface area contributed by atoms with Gasteiger partial charge in [-0.1, -0.05) is 12.1 Å². The molecular weight excluding hydrogens is 226 g/mol. The third kappa shape index (κ3) is 3.75. The van der Waals surface area contributed by atoms with Crippen molar-refractivity contribution in [3.05, 3.63) is 36.2 Å². The van der Waals surface area contributed by atoms with Gasteiger partial charge in [0.15, 0.2) is 0 Å². The Morgan fingerprint density at radius 1 is 1.06 bits per heavy atom. The van der Waals surface area contributed by atoms with Crippen molar-refractivity contribution in [3.8, 4) is 0 Å². The monoisotopic (exact) mass is 245 g/mol. The largest absolute Gasteiger partial charge is 0.396 e. The summed E-state index contributed by atoms with van der Waals surface area (Å²) in [7, 11) is 0. The summed E-state index contributed by atoms with van der Waals surface area (Å²) >= 11 is 0. The van der Waals surface area contributed by atoms with Crippen LogP contribution in [0.5, 0.6) is 0 Å². The van der Waals surface area contributed by atoms with Crippen molar-refractivity contribution in [1.29, 1.82) is 0 Å². The maximum Gasteiger partial charge on any atom is 0.0890 e. The molecule has 0 aliphatic rings. The van der Waals surface area contributed by atoms with Gasteiger partial charge in [-0.25, -0.2) is 4.98 Å². The van der Waals surface area contributed by atoms with Crippen molar-refractivity contribution in [3.63, 3.8) is 0 Å². The molecule has 0 atom stereocenters. The number of para-hydroxylation sites is 2. The van der Waals surface area contributed by atoms with E-state index in [0.29, 0.717) is 0 Å². The standard InChI is InChI=1S/C14H19N3O/c18-9-5-1-4-8-15-10-12-11-16-13-6-2-3-7-14(13)17-12/h2-3,6-7,11,15,18H,1,4-5,8-10H2. The van der Waals surface area contributed by atoms with Gasteiger partial charge in [0.2, 0.25) is 0 Å². The quantitative estimate of drug-likeness (QED) is 0.731. The second-order valence-electron chi connectivity index (χ2n) is 4.31. The summed E-state index contributed by atoms with van der Waals surface area (Å²) in [6.07, 6.45) is 4.86. The fourth-order valence-electron chi connectivity index (χ4n) is 1.84. The lowest BCUT2D eigenvalue weighted by Gasteiger charge is -2.04. The van der Waals surface area contributed by atoms with Crippen LogP contribution in [-0.2, 0) is 6.54 Å². The van der Waals surface area contributed by atoms with Gasteiger partial charge in [0.1, 0.15) is 0 Å². The molecule has 0 saturated carbocycles. The Morgan fingerprint density at radius 2 is 1.89 bits per heavy atom. The second-order valence-corrected chi connectivity index (χ2v) is 4.31. The zero-order chi connectivity index (χ0) is 12.6. The second kappa shape index (κ2) is 7.03. The number of rotatable bonds is 7. The van der Waals surface area contributed by atoms with E-state index in [9.17, 15) is 0 Å². The lowest BCUT2D eigenvalue weighted by molar-refractivity contribution is 0.283. The molecule has 4 heteroatoms. The minimum atomic E-state index is 0.288. The zero-order valence-electron chi connectivity index (χ0n) is 10.5. The highest BCUT2D eigenvalue weighted by Crippen LogP contribution is 2.08. The van der Waals surface area contributed by atoms with E-state index in [1.165, 1.54) is 0 Å². The molecule has 1 aromatic carbocycles. The van der Waals surface area contributed by atoms with Gasteiger partial charge >= 0.3 is 0 Å². The van der Waals surface area contributed by atoms with Gasteiger partial charge in [-0.3, -0.25) is 4.98 Å². The van der Waals surface area contributed by atoms with Crippen LogP contribution in [0.2, 0.25) is 0 Å². The lowest BCUT2D eigenvalue weighted by atomic mass is 10.2. The fraction of sp³-hybridized carbons (Fsp3) is 0.429. The first-order valence-electron chi connectivity index (χ1n) is 6.42. The number of nitrogens with zero attached hydrogens (tertiary/aromatic N) is 2. The Kier molecular flexibility index (Phi) is 5.05. The Bertz CT molecular complexity index is 487. The van der Waals surface area contributed by atoms with E-state index < -0.39 is 0 Å². The van der Waals surface area contributed by atoms with E-state index in [0.717, 1.165) is 49.1 Å². The molecule has 2 aromatic rings. The van der Waals surface area contributed by atoms with Crippen LogP contribution in [0.1, 0.15) is 25.0 Å². The van der Waals surface area contributed by atoms with Crippen molar-refractivity contribution < 1.29 is 5.11 Å². The van der Waals surface area contributed by atoms with E-state index in [2.05, 4.69) is 15.3 Å². The summed E-state index contributed by atoms with van der Waals surface area (Å²) in [6.45, 7) is 1.99. The maximum absolute atomic E-state index is 8.66. The number of fused-ring (bicyclic) bond motifs is 1. The summed E-state index contributed by atoms with van der Waals surface area (Å²) in [5, 5.41) is 12.0. The van der Waals surface area contributed by atoms with Crippen LogP contribution >= 0.6 is 0 Å². The van der Waals surface area contributed by atoms with Crippen molar-refractivity contribution >= 4 is 11.0 Å². The van der Waals surface area contributed by atoms with Gasteiger partial charge in [-0.15, -0.1) is 0 Å². The van der Waals surface area contributed by atoms with Crippen molar-refractivity contribution in [2.45, 2.75) is 25.8 Å². The fourth-order valence-corrected chi connectivity index (χ4v) is 1.84. The van der Waals surface area contributed by atoms with Gasteiger partial charge in [0.25, 0.3) is 0 Å². The molecule has 4 nitrogen and oxygen atoms in total. The molecule has 0 unspecified atom stereocenters. The summed E-state index contributed by atoms with van der Waals surface area (Å²) in [6, 6.07) is 7.89. The maximum atomic E-state index is 8.66. The number of hydrogen-bond donors (Lipinski definition) is 2. The molecule has 0 amide bonds. The molecule has 0 radical (unpaired) electrons. The van der Waals surface area contributed by atoms with Gasteiger partial charge < -0.3 is 10.4 Å². The molecule has 2 rings (SSSR count). The average Bonchev–Trinajstić information content (AvgIpc) is 2.42. The Labute approximate surface area is 107 Å². The van der Waals surface area contributed by atoms with E-state index >= 15 is 0 Å². The van der Waals surface area contributed by atoms with Crippen molar-refractivity contribution in [2.24, 2.45) is 0 Å². The Hall–Kier alpha value is -1.52. The molecule has 0 saturated heterocycles. The smallest absolute Gasteiger partial charge is 0.0890 e. The summed E-state index contributed by atoms with van der Waals surface area (Å²) in [5.41, 5.74) is 2.84. The molecule has 2 N–H and O–H groups in total. The average molecular weight is 245 g/mol. The predicted molar refractivity (Wildman–Crippen MR) is 72.2 cm³/mol. The first kappa shape index (κ1) is 12.9.